The number of rotatable bonds is 3. The molecule has 10 rings (SSSR count). The van der Waals surface area contributed by atoms with E-state index in [-0.39, 0.29) is 16.4 Å². The quantitative estimate of drug-likeness (QED) is 0.176. The van der Waals surface area contributed by atoms with E-state index in [1.54, 1.807) is 12.1 Å². The van der Waals surface area contributed by atoms with Crippen LogP contribution in [0.5, 0.6) is 0 Å². The molecule has 7 aromatic carbocycles. The first-order chi connectivity index (χ1) is 28.8. The van der Waals surface area contributed by atoms with Gasteiger partial charge < -0.3 is 4.90 Å². The first kappa shape index (κ1) is 27.9. The third kappa shape index (κ3) is 4.65. The molecule has 0 heterocycles. The molecule has 0 aliphatic heterocycles. The topological polar surface area (TPSA) is 3.24 Å². The number of fused-ring (bicyclic) bond motifs is 13. The summed E-state index contributed by atoms with van der Waals surface area (Å²) in [6, 6.07) is 53.3. The monoisotopic (exact) mass is 717 g/mol. The minimum atomic E-state index is -2.85. The van der Waals surface area contributed by atoms with Crippen molar-refractivity contribution in [3.05, 3.63) is 196 Å². The molecule has 3 aliphatic carbocycles. The highest BCUT2D eigenvalue weighted by Gasteiger charge is 2.52. The highest BCUT2D eigenvalue weighted by Crippen LogP contribution is 2.64. The largest absolute Gasteiger partial charge is 0.310 e. The zero-order valence-electron chi connectivity index (χ0n) is 38.4. The lowest BCUT2D eigenvalue weighted by atomic mass is 9.69. The minimum absolute atomic E-state index is 0.0900. The summed E-state index contributed by atoms with van der Waals surface area (Å²) in [4.78, 5) is 2.10. The fourth-order valence-corrected chi connectivity index (χ4v) is 10.1. The second-order valence-corrected chi connectivity index (χ2v) is 17.5. The van der Waals surface area contributed by atoms with E-state index in [4.69, 9.17) is 8.22 Å². The number of benzene rings is 7. The standard InChI is InChI=1S/C54H49N/c1-51(2,3)34-25-28-40-37-17-10-13-21-45(37)54(48(40)31-34)46-22-14-11-18-38(46)41-29-26-36(33-49(41)54)55(50-24-16-15-23-47(50)52(4,5)6)35-27-30-44-42(32-35)39-19-9-12-20-43(39)53(44,7)8/h9-33H,1-8H3/i4D3,5D3. The van der Waals surface area contributed by atoms with Crippen molar-refractivity contribution in [1.82, 2.24) is 0 Å². The Hall–Kier alpha value is -5.66. The van der Waals surface area contributed by atoms with Gasteiger partial charge in [0.25, 0.3) is 0 Å². The Morgan fingerprint density at radius 2 is 0.927 bits per heavy atom. The molecule has 0 saturated carbocycles. The molecule has 1 heteroatoms. The Labute approximate surface area is 335 Å². The Morgan fingerprint density at radius 3 is 1.58 bits per heavy atom. The Bertz CT molecular complexity index is 2920. The van der Waals surface area contributed by atoms with E-state index in [9.17, 15) is 0 Å². The van der Waals surface area contributed by atoms with E-state index >= 15 is 0 Å². The maximum Gasteiger partial charge on any atom is 0.0726 e. The zero-order chi connectivity index (χ0) is 43.1. The van der Waals surface area contributed by atoms with Crippen LogP contribution in [0.2, 0.25) is 0 Å². The lowest BCUT2D eigenvalue weighted by Gasteiger charge is -2.35. The maximum atomic E-state index is 8.79. The lowest BCUT2D eigenvalue weighted by Crippen LogP contribution is -2.27. The van der Waals surface area contributed by atoms with E-state index in [1.807, 2.05) is 12.1 Å². The molecule has 0 aromatic heterocycles. The number of nitrogens with zero attached hydrogens (tertiary/aromatic N) is 1. The van der Waals surface area contributed by atoms with Crippen molar-refractivity contribution in [2.75, 3.05) is 4.90 Å². The molecular formula is C54H49N. The van der Waals surface area contributed by atoms with Gasteiger partial charge in [-0.3, -0.25) is 0 Å². The molecule has 1 spiro atoms. The average Bonchev–Trinajstić information content (AvgIpc) is 3.78. The Kier molecular flexibility index (Phi) is 5.79. The van der Waals surface area contributed by atoms with Gasteiger partial charge in [0.2, 0.25) is 0 Å². The van der Waals surface area contributed by atoms with E-state index < -0.39 is 24.5 Å². The molecule has 1 atom stereocenters. The van der Waals surface area contributed by atoms with Gasteiger partial charge in [-0.25, -0.2) is 0 Å². The summed E-state index contributed by atoms with van der Waals surface area (Å²) in [5.41, 5.74) is 14.7. The predicted molar refractivity (Wildman–Crippen MR) is 232 cm³/mol. The van der Waals surface area contributed by atoms with E-state index in [1.165, 1.54) is 57.0 Å². The summed E-state index contributed by atoms with van der Waals surface area (Å²) in [5.74, 6) is 0. The fourth-order valence-electron chi connectivity index (χ4n) is 10.1. The van der Waals surface area contributed by atoms with Crippen molar-refractivity contribution in [3.63, 3.8) is 0 Å². The summed E-state index contributed by atoms with van der Waals surface area (Å²) < 4.78 is 52.7. The van der Waals surface area contributed by atoms with Crippen LogP contribution in [0.15, 0.2) is 152 Å². The van der Waals surface area contributed by atoms with Gasteiger partial charge in [0.1, 0.15) is 0 Å². The van der Waals surface area contributed by atoms with Crippen LogP contribution in [0.3, 0.4) is 0 Å². The normalized spacial score (nSPS) is 19.0. The number of hydrogen-bond donors (Lipinski definition) is 0. The highest BCUT2D eigenvalue weighted by molar-refractivity contribution is 5.97. The molecule has 1 nitrogen and oxygen atoms in total. The molecular weight excluding hydrogens is 663 g/mol. The molecule has 3 aliphatic rings. The van der Waals surface area contributed by atoms with Crippen LogP contribution in [0, 0.1) is 0 Å². The highest BCUT2D eigenvalue weighted by atomic mass is 15.1. The fraction of sp³-hybridized carbons (Fsp3) is 0.222. The van der Waals surface area contributed by atoms with Gasteiger partial charge in [0.05, 0.1) is 5.41 Å². The van der Waals surface area contributed by atoms with Gasteiger partial charge in [0.15, 0.2) is 0 Å². The van der Waals surface area contributed by atoms with Crippen molar-refractivity contribution < 1.29 is 8.22 Å². The van der Waals surface area contributed by atoms with Crippen LogP contribution in [-0.4, -0.2) is 0 Å². The second-order valence-electron chi connectivity index (χ2n) is 17.5. The summed E-state index contributed by atoms with van der Waals surface area (Å²) in [6.45, 7) is 6.95. The molecule has 270 valence electrons. The summed E-state index contributed by atoms with van der Waals surface area (Å²) >= 11 is 0. The number of hydrogen-bond acceptors (Lipinski definition) is 1. The lowest BCUT2D eigenvalue weighted by molar-refractivity contribution is 0.588. The molecule has 55 heavy (non-hydrogen) atoms. The summed E-state index contributed by atoms with van der Waals surface area (Å²) in [5, 5.41) is 0. The van der Waals surface area contributed by atoms with Crippen LogP contribution < -0.4 is 4.90 Å². The van der Waals surface area contributed by atoms with E-state index in [0.29, 0.717) is 5.69 Å². The second kappa shape index (κ2) is 11.4. The molecule has 0 N–H and O–H groups in total. The van der Waals surface area contributed by atoms with Crippen molar-refractivity contribution in [3.8, 4) is 33.4 Å². The third-order valence-electron chi connectivity index (χ3n) is 12.7. The smallest absolute Gasteiger partial charge is 0.0726 e. The van der Waals surface area contributed by atoms with Crippen molar-refractivity contribution >= 4 is 17.1 Å². The van der Waals surface area contributed by atoms with Crippen LogP contribution in [0.25, 0.3) is 33.4 Å². The molecule has 0 saturated heterocycles. The predicted octanol–water partition coefficient (Wildman–Crippen LogP) is 14.4. The third-order valence-corrected chi connectivity index (χ3v) is 12.7. The van der Waals surface area contributed by atoms with E-state index in [2.05, 4.69) is 167 Å². The average molecular weight is 718 g/mol. The van der Waals surface area contributed by atoms with Crippen LogP contribution in [0.4, 0.5) is 17.1 Å². The maximum absolute atomic E-state index is 8.79. The first-order valence-corrected chi connectivity index (χ1v) is 19.4. The Morgan fingerprint density at radius 1 is 0.436 bits per heavy atom. The molecule has 7 aromatic rings. The van der Waals surface area contributed by atoms with Gasteiger partial charge in [-0.15, -0.1) is 0 Å². The summed E-state index contributed by atoms with van der Waals surface area (Å²) in [7, 11) is 0. The van der Waals surface area contributed by atoms with Crippen LogP contribution >= 0.6 is 0 Å². The van der Waals surface area contributed by atoms with Crippen molar-refractivity contribution in [1.29, 1.82) is 0 Å². The molecule has 0 radical (unpaired) electrons. The zero-order valence-corrected chi connectivity index (χ0v) is 32.4. The van der Waals surface area contributed by atoms with Gasteiger partial charge in [-0.1, -0.05) is 177 Å². The van der Waals surface area contributed by atoms with Gasteiger partial charge in [0, 0.05) is 30.7 Å². The molecule has 0 bridgehead atoms. The van der Waals surface area contributed by atoms with Gasteiger partial charge in [-0.2, -0.15) is 0 Å². The first-order valence-electron chi connectivity index (χ1n) is 22.4. The molecule has 1 unspecified atom stereocenters. The SMILES string of the molecule is [2H]C([2H])([2H])C(C)(c1ccccc1N(c1ccc2c(c1)-c1ccccc1C2(C)C)c1ccc2c(c1)C1(c3ccccc3-2)c2ccccc2-c2ccc(C(C)(C)C)cc21)C([2H])([2H])[2H]. The molecule has 0 fully saturated rings. The minimum Gasteiger partial charge on any atom is -0.310 e. The summed E-state index contributed by atoms with van der Waals surface area (Å²) in [6.07, 6.45) is 0. The van der Waals surface area contributed by atoms with Crippen LogP contribution in [0.1, 0.15) is 108 Å². The molecule has 0 amide bonds. The van der Waals surface area contributed by atoms with Crippen molar-refractivity contribution in [2.45, 2.75) is 76.9 Å². The van der Waals surface area contributed by atoms with Crippen LogP contribution in [-0.2, 0) is 21.7 Å². The van der Waals surface area contributed by atoms with E-state index in [0.717, 1.165) is 33.6 Å². The van der Waals surface area contributed by atoms with Gasteiger partial charge >= 0.3 is 0 Å². The van der Waals surface area contributed by atoms with Crippen molar-refractivity contribution in [2.24, 2.45) is 0 Å². The Balaban J connectivity index is 1.30. The van der Waals surface area contributed by atoms with Gasteiger partial charge in [-0.05, 0) is 119 Å². The number of anilines is 3. The number of para-hydroxylation sites is 1.